The van der Waals surface area contributed by atoms with Crippen LogP contribution < -0.4 is 10.6 Å². The standard InChI is InChI=1S/C23H28N2O5/c1-17(24-23(29)30-16-19-11-6-3-7-12-19)22(28)25-20(21(27)13-8-14-26)15-18-9-4-2-5-10-18/h2-7,9-12,14,17,20-21,27H,8,13,15-16H2,1H3,(H,24,29)(H,25,28)/t17-,20?,21?/m0/s1. The fourth-order valence-electron chi connectivity index (χ4n) is 2.91. The van der Waals surface area contributed by atoms with Crippen molar-refractivity contribution in [2.75, 3.05) is 0 Å². The van der Waals surface area contributed by atoms with Crippen LogP contribution in [0.5, 0.6) is 0 Å². The van der Waals surface area contributed by atoms with Gasteiger partial charge in [0.1, 0.15) is 18.9 Å². The van der Waals surface area contributed by atoms with Gasteiger partial charge in [-0.05, 0) is 30.9 Å². The number of aliphatic hydroxyl groups is 1. The number of carbonyl (C=O) groups is 3. The van der Waals surface area contributed by atoms with Crippen molar-refractivity contribution in [3.63, 3.8) is 0 Å². The molecule has 0 bridgehead atoms. The van der Waals surface area contributed by atoms with Crippen LogP contribution in [-0.4, -0.2) is 41.6 Å². The van der Waals surface area contributed by atoms with Gasteiger partial charge in [-0.2, -0.15) is 0 Å². The fraction of sp³-hybridized carbons (Fsp3) is 0.348. The lowest BCUT2D eigenvalue weighted by molar-refractivity contribution is -0.124. The van der Waals surface area contributed by atoms with Crippen molar-refractivity contribution >= 4 is 18.3 Å². The van der Waals surface area contributed by atoms with E-state index in [1.54, 1.807) is 0 Å². The van der Waals surface area contributed by atoms with E-state index in [-0.39, 0.29) is 19.4 Å². The molecule has 0 saturated heterocycles. The van der Waals surface area contributed by atoms with E-state index in [9.17, 15) is 19.5 Å². The topological polar surface area (TPSA) is 105 Å². The predicted octanol–water partition coefficient (Wildman–Crippen LogP) is 2.37. The number of amides is 2. The van der Waals surface area contributed by atoms with E-state index >= 15 is 0 Å². The molecule has 7 nitrogen and oxygen atoms in total. The summed E-state index contributed by atoms with van der Waals surface area (Å²) in [4.78, 5) is 35.2. The fourth-order valence-corrected chi connectivity index (χ4v) is 2.91. The third kappa shape index (κ3) is 8.05. The largest absolute Gasteiger partial charge is 0.445 e. The van der Waals surface area contributed by atoms with Crippen LogP contribution in [0, 0.1) is 0 Å². The average Bonchev–Trinajstić information content (AvgIpc) is 2.76. The summed E-state index contributed by atoms with van der Waals surface area (Å²) >= 11 is 0. The summed E-state index contributed by atoms with van der Waals surface area (Å²) in [5.74, 6) is -0.447. The minimum Gasteiger partial charge on any atom is -0.445 e. The number of hydrogen-bond acceptors (Lipinski definition) is 5. The molecule has 2 aromatic rings. The van der Waals surface area contributed by atoms with Gasteiger partial charge in [-0.3, -0.25) is 4.79 Å². The summed E-state index contributed by atoms with van der Waals surface area (Å²) in [6.07, 6.45) is -0.0290. The summed E-state index contributed by atoms with van der Waals surface area (Å²) in [5, 5.41) is 15.7. The number of nitrogens with one attached hydrogen (secondary N) is 2. The van der Waals surface area contributed by atoms with E-state index < -0.39 is 30.2 Å². The van der Waals surface area contributed by atoms with Crippen LogP contribution in [0.4, 0.5) is 4.79 Å². The molecule has 30 heavy (non-hydrogen) atoms. The molecule has 3 atom stereocenters. The van der Waals surface area contributed by atoms with Gasteiger partial charge >= 0.3 is 6.09 Å². The quantitative estimate of drug-likeness (QED) is 0.492. The molecule has 160 valence electrons. The zero-order valence-corrected chi connectivity index (χ0v) is 17.0. The van der Waals surface area contributed by atoms with Crippen molar-refractivity contribution in [3.05, 3.63) is 71.8 Å². The van der Waals surface area contributed by atoms with Crippen LogP contribution in [0.15, 0.2) is 60.7 Å². The third-order valence-electron chi connectivity index (χ3n) is 4.61. The molecule has 0 fully saturated rings. The van der Waals surface area contributed by atoms with Crippen LogP contribution in [-0.2, 0) is 27.4 Å². The molecule has 0 radical (unpaired) electrons. The second-order valence-electron chi connectivity index (χ2n) is 7.04. The summed E-state index contributed by atoms with van der Waals surface area (Å²) < 4.78 is 5.13. The summed E-state index contributed by atoms with van der Waals surface area (Å²) in [7, 11) is 0. The number of aliphatic hydroxyl groups excluding tert-OH is 1. The maximum absolute atomic E-state index is 12.6. The van der Waals surface area contributed by atoms with E-state index in [0.29, 0.717) is 6.42 Å². The molecule has 0 aliphatic heterocycles. The van der Waals surface area contributed by atoms with E-state index in [2.05, 4.69) is 10.6 Å². The van der Waals surface area contributed by atoms with E-state index in [0.717, 1.165) is 17.4 Å². The number of hydrogen-bond donors (Lipinski definition) is 3. The molecule has 0 aliphatic carbocycles. The first-order valence-corrected chi connectivity index (χ1v) is 9.92. The number of benzene rings is 2. The molecule has 0 heterocycles. The Labute approximate surface area is 176 Å². The van der Waals surface area contributed by atoms with Gasteiger partial charge in [-0.25, -0.2) is 4.79 Å². The molecular formula is C23H28N2O5. The van der Waals surface area contributed by atoms with Gasteiger partial charge in [-0.15, -0.1) is 0 Å². The number of aldehydes is 1. The Hall–Kier alpha value is -3.19. The van der Waals surface area contributed by atoms with E-state index in [4.69, 9.17) is 4.74 Å². The second kappa shape index (κ2) is 12.4. The normalized spacial score (nSPS) is 13.5. The summed E-state index contributed by atoms with van der Waals surface area (Å²) in [6.45, 7) is 1.64. The molecule has 0 aromatic heterocycles. The number of ether oxygens (including phenoxy) is 1. The van der Waals surface area contributed by atoms with Crippen molar-refractivity contribution in [1.29, 1.82) is 0 Å². The average molecular weight is 412 g/mol. The first-order valence-electron chi connectivity index (χ1n) is 9.92. The van der Waals surface area contributed by atoms with Crippen molar-refractivity contribution in [2.45, 2.75) is 51.0 Å². The van der Waals surface area contributed by atoms with Crippen molar-refractivity contribution in [1.82, 2.24) is 10.6 Å². The Morgan fingerprint density at radius 1 is 1.00 bits per heavy atom. The highest BCUT2D eigenvalue weighted by atomic mass is 16.5. The highest BCUT2D eigenvalue weighted by Gasteiger charge is 2.25. The third-order valence-corrected chi connectivity index (χ3v) is 4.61. The Morgan fingerprint density at radius 2 is 1.60 bits per heavy atom. The van der Waals surface area contributed by atoms with Crippen molar-refractivity contribution < 1.29 is 24.2 Å². The zero-order valence-electron chi connectivity index (χ0n) is 17.0. The highest BCUT2D eigenvalue weighted by molar-refractivity contribution is 5.85. The molecule has 0 spiro atoms. The Kier molecular flexibility index (Phi) is 9.54. The minimum absolute atomic E-state index is 0.0993. The molecule has 2 aromatic carbocycles. The number of rotatable bonds is 11. The molecule has 2 unspecified atom stereocenters. The molecule has 0 aliphatic rings. The van der Waals surface area contributed by atoms with Gasteiger partial charge < -0.3 is 25.3 Å². The molecule has 0 saturated carbocycles. The lowest BCUT2D eigenvalue weighted by atomic mass is 9.98. The van der Waals surface area contributed by atoms with Crippen molar-refractivity contribution in [2.24, 2.45) is 0 Å². The maximum atomic E-state index is 12.6. The predicted molar refractivity (Wildman–Crippen MR) is 113 cm³/mol. The number of alkyl carbamates (subject to hydrolysis) is 1. The van der Waals surface area contributed by atoms with Gasteiger partial charge in [0.25, 0.3) is 0 Å². The van der Waals surface area contributed by atoms with Crippen molar-refractivity contribution in [3.8, 4) is 0 Å². The summed E-state index contributed by atoms with van der Waals surface area (Å²) in [5.41, 5.74) is 1.78. The lowest BCUT2D eigenvalue weighted by Gasteiger charge is -2.26. The second-order valence-corrected chi connectivity index (χ2v) is 7.04. The van der Waals surface area contributed by atoms with Crippen LogP contribution in [0.25, 0.3) is 0 Å². The van der Waals surface area contributed by atoms with Gasteiger partial charge in [-0.1, -0.05) is 60.7 Å². The van der Waals surface area contributed by atoms with E-state index in [1.165, 1.54) is 6.92 Å². The Morgan fingerprint density at radius 3 is 2.20 bits per heavy atom. The van der Waals surface area contributed by atoms with Gasteiger partial charge in [0.2, 0.25) is 5.91 Å². The molecule has 2 rings (SSSR count). The molecule has 2 amide bonds. The zero-order chi connectivity index (χ0) is 21.8. The van der Waals surface area contributed by atoms with Crippen LogP contribution in [0.1, 0.15) is 30.9 Å². The Bertz CT molecular complexity index is 798. The first-order chi connectivity index (χ1) is 14.5. The maximum Gasteiger partial charge on any atom is 0.408 e. The smallest absolute Gasteiger partial charge is 0.408 e. The molecule has 3 N–H and O–H groups in total. The van der Waals surface area contributed by atoms with Gasteiger partial charge in [0.05, 0.1) is 12.1 Å². The van der Waals surface area contributed by atoms with Crippen LogP contribution in [0.3, 0.4) is 0 Å². The number of carbonyl (C=O) groups excluding carboxylic acids is 3. The van der Waals surface area contributed by atoms with E-state index in [1.807, 2.05) is 60.7 Å². The van der Waals surface area contributed by atoms with Gasteiger partial charge in [0.15, 0.2) is 0 Å². The monoisotopic (exact) mass is 412 g/mol. The highest BCUT2D eigenvalue weighted by Crippen LogP contribution is 2.10. The lowest BCUT2D eigenvalue weighted by Crippen LogP contribution is -2.52. The molecular weight excluding hydrogens is 384 g/mol. The van der Waals surface area contributed by atoms with Crippen LogP contribution in [0.2, 0.25) is 0 Å². The Balaban J connectivity index is 1.90. The first kappa shape index (κ1) is 23.1. The minimum atomic E-state index is -0.892. The summed E-state index contributed by atoms with van der Waals surface area (Å²) in [6, 6.07) is 17.2. The SMILES string of the molecule is C[C@H](NC(=O)OCc1ccccc1)C(=O)NC(Cc1ccccc1)C(O)CCC=O. The molecule has 7 heteroatoms. The van der Waals surface area contributed by atoms with Gasteiger partial charge in [0, 0.05) is 6.42 Å². The van der Waals surface area contributed by atoms with Crippen LogP contribution >= 0.6 is 0 Å².